The molecule has 14 heavy (non-hydrogen) atoms. The van der Waals surface area contributed by atoms with Crippen molar-refractivity contribution in [3.05, 3.63) is 0 Å². The van der Waals surface area contributed by atoms with Crippen molar-refractivity contribution in [3.63, 3.8) is 0 Å². The summed E-state index contributed by atoms with van der Waals surface area (Å²) in [5.74, 6) is 0. The topological polar surface area (TPSA) is 15.3 Å². The molecule has 2 nitrogen and oxygen atoms in total. The summed E-state index contributed by atoms with van der Waals surface area (Å²) in [5.41, 5.74) is -0.871. The molecule has 2 aliphatic rings. The molecule has 1 saturated carbocycles. The molecule has 1 saturated heterocycles. The van der Waals surface area contributed by atoms with Crippen molar-refractivity contribution in [1.29, 1.82) is 0 Å². The Morgan fingerprint density at radius 3 is 2.64 bits per heavy atom. The van der Waals surface area contributed by atoms with Crippen molar-refractivity contribution in [3.8, 4) is 0 Å². The maximum Gasteiger partial charge on any atom is 0.123 e. The molecular weight excluding hydrogens is 179 g/mol. The van der Waals surface area contributed by atoms with Crippen LogP contribution in [0.5, 0.6) is 0 Å². The lowest BCUT2D eigenvalue weighted by atomic mass is 9.82. The van der Waals surface area contributed by atoms with E-state index < -0.39 is 5.67 Å². The molecule has 0 bridgehead atoms. The Balaban J connectivity index is 1.71. The van der Waals surface area contributed by atoms with Crippen LogP contribution in [0.15, 0.2) is 0 Å². The number of alkyl halides is 1. The standard InChI is InChI=1S/C11H21FN2/c1-9-6-10(7-14(9)2)13-8-11(12)4-3-5-11/h9-10,13H,3-8H2,1-2H3. The average Bonchev–Trinajstić information content (AvgIpc) is 2.40. The molecule has 2 unspecified atom stereocenters. The Kier molecular flexibility index (Phi) is 2.80. The molecule has 0 amide bonds. The highest BCUT2D eigenvalue weighted by Crippen LogP contribution is 2.35. The van der Waals surface area contributed by atoms with E-state index in [0.717, 1.165) is 32.2 Å². The Morgan fingerprint density at radius 1 is 1.50 bits per heavy atom. The number of halogens is 1. The summed E-state index contributed by atoms with van der Waals surface area (Å²) in [5, 5.41) is 3.37. The number of rotatable bonds is 3. The molecule has 1 aliphatic heterocycles. The lowest BCUT2D eigenvalue weighted by Crippen LogP contribution is -2.46. The number of nitrogens with one attached hydrogen (secondary N) is 1. The summed E-state index contributed by atoms with van der Waals surface area (Å²) >= 11 is 0. The lowest BCUT2D eigenvalue weighted by molar-refractivity contribution is 0.0603. The van der Waals surface area contributed by atoms with E-state index in [4.69, 9.17) is 0 Å². The number of hydrogen-bond acceptors (Lipinski definition) is 2. The Hall–Kier alpha value is -0.150. The highest BCUT2D eigenvalue weighted by atomic mass is 19.1. The van der Waals surface area contributed by atoms with Gasteiger partial charge in [0.1, 0.15) is 5.67 Å². The Labute approximate surface area is 85.9 Å². The maximum atomic E-state index is 13.7. The van der Waals surface area contributed by atoms with Crippen LogP contribution in [0.1, 0.15) is 32.6 Å². The van der Waals surface area contributed by atoms with Crippen molar-refractivity contribution < 1.29 is 4.39 Å². The van der Waals surface area contributed by atoms with Crippen LogP contribution in [0.2, 0.25) is 0 Å². The van der Waals surface area contributed by atoms with E-state index in [-0.39, 0.29) is 0 Å². The molecule has 3 heteroatoms. The summed E-state index contributed by atoms with van der Waals surface area (Å²) in [6.07, 6.45) is 3.75. The van der Waals surface area contributed by atoms with Gasteiger partial charge < -0.3 is 10.2 Å². The minimum absolute atomic E-state index is 0.503. The summed E-state index contributed by atoms with van der Waals surface area (Å²) in [4.78, 5) is 2.34. The second kappa shape index (κ2) is 3.78. The molecule has 0 aromatic carbocycles. The lowest BCUT2D eigenvalue weighted by Gasteiger charge is -2.34. The zero-order chi connectivity index (χ0) is 10.2. The van der Waals surface area contributed by atoms with Gasteiger partial charge in [0.2, 0.25) is 0 Å². The van der Waals surface area contributed by atoms with E-state index >= 15 is 0 Å². The molecular formula is C11H21FN2. The zero-order valence-corrected chi connectivity index (χ0v) is 9.22. The van der Waals surface area contributed by atoms with Gasteiger partial charge in [-0.1, -0.05) is 0 Å². The summed E-state index contributed by atoms with van der Waals surface area (Å²) in [7, 11) is 2.14. The van der Waals surface area contributed by atoms with E-state index in [0.29, 0.717) is 18.6 Å². The van der Waals surface area contributed by atoms with Crippen LogP contribution >= 0.6 is 0 Å². The van der Waals surface area contributed by atoms with E-state index in [9.17, 15) is 4.39 Å². The average molecular weight is 200 g/mol. The van der Waals surface area contributed by atoms with Crippen LogP contribution in [0.3, 0.4) is 0 Å². The van der Waals surface area contributed by atoms with Crippen LogP contribution in [0.4, 0.5) is 4.39 Å². The van der Waals surface area contributed by atoms with Crippen LogP contribution in [-0.4, -0.2) is 42.8 Å². The molecule has 1 aliphatic carbocycles. The third-order valence-electron chi connectivity index (χ3n) is 3.84. The normalized spacial score (nSPS) is 37.1. The predicted octanol–water partition coefficient (Wildman–Crippen LogP) is 1.56. The minimum atomic E-state index is -0.871. The highest BCUT2D eigenvalue weighted by Gasteiger charge is 2.37. The quantitative estimate of drug-likeness (QED) is 0.744. The van der Waals surface area contributed by atoms with Gasteiger partial charge in [-0.3, -0.25) is 0 Å². The number of hydrogen-bond donors (Lipinski definition) is 1. The SMILES string of the molecule is CC1CC(NCC2(F)CCC2)CN1C. The highest BCUT2D eigenvalue weighted by molar-refractivity contribution is 4.93. The molecule has 2 atom stereocenters. The molecule has 0 aromatic rings. The van der Waals surface area contributed by atoms with E-state index in [2.05, 4.69) is 24.2 Å². The van der Waals surface area contributed by atoms with Crippen LogP contribution in [0.25, 0.3) is 0 Å². The van der Waals surface area contributed by atoms with Gasteiger partial charge in [-0.15, -0.1) is 0 Å². The monoisotopic (exact) mass is 200 g/mol. The summed E-state index contributed by atoms with van der Waals surface area (Å²) in [6.45, 7) is 3.87. The smallest absolute Gasteiger partial charge is 0.123 e. The van der Waals surface area contributed by atoms with Gasteiger partial charge >= 0.3 is 0 Å². The first-order chi connectivity index (χ1) is 6.59. The van der Waals surface area contributed by atoms with Crippen molar-refractivity contribution in [2.45, 2.75) is 50.4 Å². The first kappa shape index (κ1) is 10.4. The van der Waals surface area contributed by atoms with Gasteiger partial charge in [0, 0.05) is 25.2 Å². The largest absolute Gasteiger partial charge is 0.309 e. The predicted molar refractivity (Wildman–Crippen MR) is 56.2 cm³/mol. The van der Waals surface area contributed by atoms with Crippen molar-refractivity contribution >= 4 is 0 Å². The van der Waals surface area contributed by atoms with Gasteiger partial charge in [0.25, 0.3) is 0 Å². The molecule has 1 N–H and O–H groups in total. The van der Waals surface area contributed by atoms with E-state index in [1.54, 1.807) is 0 Å². The van der Waals surface area contributed by atoms with Crippen LogP contribution in [0, 0.1) is 0 Å². The van der Waals surface area contributed by atoms with Gasteiger partial charge in [-0.25, -0.2) is 4.39 Å². The second-order valence-electron chi connectivity index (χ2n) is 5.11. The molecule has 2 fully saturated rings. The first-order valence-electron chi connectivity index (χ1n) is 5.72. The second-order valence-corrected chi connectivity index (χ2v) is 5.11. The molecule has 2 rings (SSSR count). The summed E-state index contributed by atoms with van der Waals surface area (Å²) < 4.78 is 13.7. The van der Waals surface area contributed by atoms with Gasteiger partial charge in [0.15, 0.2) is 0 Å². The third-order valence-corrected chi connectivity index (χ3v) is 3.84. The van der Waals surface area contributed by atoms with Crippen molar-refractivity contribution in [1.82, 2.24) is 10.2 Å². The van der Waals surface area contributed by atoms with Gasteiger partial charge in [-0.2, -0.15) is 0 Å². The third kappa shape index (κ3) is 2.09. The number of likely N-dealkylation sites (N-methyl/N-ethyl adjacent to an activating group) is 1. The fourth-order valence-electron chi connectivity index (χ4n) is 2.41. The fourth-order valence-corrected chi connectivity index (χ4v) is 2.41. The first-order valence-corrected chi connectivity index (χ1v) is 5.72. The molecule has 1 heterocycles. The minimum Gasteiger partial charge on any atom is -0.309 e. The summed E-state index contributed by atoms with van der Waals surface area (Å²) in [6, 6.07) is 1.15. The van der Waals surface area contributed by atoms with E-state index in [1.165, 1.54) is 0 Å². The van der Waals surface area contributed by atoms with E-state index in [1.807, 2.05) is 0 Å². The Morgan fingerprint density at radius 2 is 2.21 bits per heavy atom. The fraction of sp³-hybridized carbons (Fsp3) is 1.00. The van der Waals surface area contributed by atoms with Crippen molar-refractivity contribution in [2.24, 2.45) is 0 Å². The van der Waals surface area contributed by atoms with Crippen LogP contribution < -0.4 is 5.32 Å². The van der Waals surface area contributed by atoms with Crippen LogP contribution in [-0.2, 0) is 0 Å². The van der Waals surface area contributed by atoms with Gasteiger partial charge in [0.05, 0.1) is 0 Å². The molecule has 0 spiro atoms. The molecule has 82 valence electrons. The molecule has 0 aromatic heterocycles. The Bertz CT molecular complexity index is 193. The molecule has 0 radical (unpaired) electrons. The zero-order valence-electron chi connectivity index (χ0n) is 9.22. The van der Waals surface area contributed by atoms with Crippen molar-refractivity contribution in [2.75, 3.05) is 20.1 Å². The number of likely N-dealkylation sites (tertiary alicyclic amines) is 1. The van der Waals surface area contributed by atoms with Gasteiger partial charge in [-0.05, 0) is 39.7 Å². The maximum absolute atomic E-state index is 13.7. The number of nitrogens with zero attached hydrogens (tertiary/aromatic N) is 1.